The lowest BCUT2D eigenvalue weighted by atomic mass is 9.74. The molecule has 4 unspecified atom stereocenters. The van der Waals surface area contributed by atoms with Crippen LogP contribution in [0.15, 0.2) is 35.5 Å². The number of hydrogen-bond donors (Lipinski definition) is 4. The van der Waals surface area contributed by atoms with E-state index in [9.17, 15) is 13.2 Å². The van der Waals surface area contributed by atoms with E-state index in [-0.39, 0.29) is 28.9 Å². The fourth-order valence-electron chi connectivity index (χ4n) is 6.70. The molecule has 0 bridgehead atoms. The van der Waals surface area contributed by atoms with E-state index in [4.69, 9.17) is 9.47 Å². The number of sulfone groups is 1. The van der Waals surface area contributed by atoms with Crippen molar-refractivity contribution in [3.8, 4) is 11.5 Å². The minimum absolute atomic E-state index is 0.0156. The van der Waals surface area contributed by atoms with Gasteiger partial charge >= 0.3 is 0 Å². The van der Waals surface area contributed by atoms with Gasteiger partial charge in [-0.2, -0.15) is 0 Å². The average Bonchev–Trinajstić information content (AvgIpc) is 3.47. The van der Waals surface area contributed by atoms with Crippen LogP contribution in [0.3, 0.4) is 0 Å². The zero-order chi connectivity index (χ0) is 25.9. The fraction of sp³-hybridized carbons (Fsp3) is 0.538. The van der Waals surface area contributed by atoms with Crippen LogP contribution in [0.2, 0.25) is 0 Å². The Morgan fingerprint density at radius 3 is 2.76 bits per heavy atom. The minimum Gasteiger partial charge on any atom is -0.497 e. The van der Waals surface area contributed by atoms with E-state index in [0.29, 0.717) is 29.2 Å². The number of anilines is 2. The zero-order valence-corrected chi connectivity index (χ0v) is 22.0. The first-order valence-electron chi connectivity index (χ1n) is 12.8. The largest absolute Gasteiger partial charge is 0.497 e. The lowest BCUT2D eigenvalue weighted by Gasteiger charge is -2.34. The Morgan fingerprint density at radius 2 is 2.00 bits per heavy atom. The molecule has 1 aromatic carbocycles. The maximum atomic E-state index is 13.1. The number of ether oxygens (including phenoxy) is 2. The predicted octanol–water partition coefficient (Wildman–Crippen LogP) is 2.43. The molecule has 4 N–H and O–H groups in total. The number of nitrogens with one attached hydrogen (secondary N) is 4. The van der Waals surface area contributed by atoms with Crippen LogP contribution in [-0.4, -0.2) is 51.5 Å². The maximum Gasteiger partial charge on any atom is 0.235 e. The average molecular weight is 528 g/mol. The molecule has 4 aliphatic rings. The van der Waals surface area contributed by atoms with Gasteiger partial charge in [0.1, 0.15) is 11.5 Å². The third kappa shape index (κ3) is 3.86. The van der Waals surface area contributed by atoms with Crippen LogP contribution in [-0.2, 0) is 20.0 Å². The number of methoxy groups -OCH3 is 2. The quantitative estimate of drug-likeness (QED) is 0.429. The van der Waals surface area contributed by atoms with E-state index >= 15 is 0 Å². The normalized spacial score (nSPS) is 32.0. The molecule has 10 nitrogen and oxygen atoms in total. The number of hydrogen-bond acceptors (Lipinski definition) is 9. The standard InChI is InChI=1S/C26H33N5O5S/c1-4-37(33,34)23-11-22(36-3)21(13-27-23)28-24-16-7-5-14(9-20(16)30-31-24)18-12-26(18)17-10-15(35-2)6-8-19(17)29-25(26)32/h6,8,10-11,13-14,16,18,20,24,28,30-31H,4-5,7,9,12H2,1-3H3,(H,29,32)/t14?,16?,18-,20?,24?,26-/m0/s1. The van der Waals surface area contributed by atoms with Crippen molar-refractivity contribution >= 4 is 27.1 Å². The van der Waals surface area contributed by atoms with Crippen molar-refractivity contribution in [2.75, 3.05) is 30.6 Å². The number of carbonyl (C=O) groups excluding carboxylic acids is 1. The van der Waals surface area contributed by atoms with Gasteiger partial charge in [0.05, 0.1) is 43.4 Å². The third-order valence-corrected chi connectivity index (χ3v) is 10.4. The van der Waals surface area contributed by atoms with Gasteiger partial charge in [-0.05, 0) is 61.3 Å². The summed E-state index contributed by atoms with van der Waals surface area (Å²) >= 11 is 0. The zero-order valence-electron chi connectivity index (χ0n) is 21.2. The Balaban J connectivity index is 1.14. The van der Waals surface area contributed by atoms with E-state index in [1.54, 1.807) is 14.0 Å². The highest BCUT2D eigenvalue weighted by molar-refractivity contribution is 7.91. The monoisotopic (exact) mass is 527 g/mol. The highest BCUT2D eigenvalue weighted by atomic mass is 32.2. The molecule has 2 aromatic rings. The van der Waals surface area contributed by atoms with Gasteiger partial charge in [-0.3, -0.25) is 10.2 Å². The van der Waals surface area contributed by atoms with Gasteiger partial charge in [0.15, 0.2) is 14.9 Å². The van der Waals surface area contributed by atoms with Crippen molar-refractivity contribution in [1.29, 1.82) is 0 Å². The number of pyridine rings is 1. The van der Waals surface area contributed by atoms with E-state index in [0.717, 1.165) is 42.7 Å². The van der Waals surface area contributed by atoms with Gasteiger partial charge in [-0.1, -0.05) is 6.92 Å². The SMILES string of the molecule is CCS(=O)(=O)c1cc(OC)c(NC2NNC3CC([C@@H]4C[C@@]45C(=O)Nc4ccc(OC)cc45)CCC32)cn1. The Labute approximate surface area is 216 Å². The highest BCUT2D eigenvalue weighted by Gasteiger charge is 2.67. The molecule has 1 spiro atoms. The molecule has 6 rings (SSSR count). The molecule has 2 saturated carbocycles. The van der Waals surface area contributed by atoms with Gasteiger partial charge < -0.3 is 20.1 Å². The van der Waals surface area contributed by atoms with Gasteiger partial charge in [-0.25, -0.2) is 18.8 Å². The molecule has 0 radical (unpaired) electrons. The minimum atomic E-state index is -3.42. The van der Waals surface area contributed by atoms with Crippen molar-refractivity contribution in [2.24, 2.45) is 17.8 Å². The number of fused-ring (bicyclic) bond motifs is 3. The topological polar surface area (TPSA) is 131 Å². The Kier molecular flexibility index (Phi) is 5.85. The number of rotatable bonds is 7. The van der Waals surface area contributed by atoms with Gasteiger partial charge in [0, 0.05) is 23.7 Å². The molecule has 37 heavy (non-hydrogen) atoms. The summed E-state index contributed by atoms with van der Waals surface area (Å²) in [5, 5.41) is 6.57. The smallest absolute Gasteiger partial charge is 0.235 e. The van der Waals surface area contributed by atoms with Crippen molar-refractivity contribution in [3.63, 3.8) is 0 Å². The summed E-state index contributed by atoms with van der Waals surface area (Å²) in [5.74, 6) is 2.44. The van der Waals surface area contributed by atoms with Crippen LogP contribution in [0.25, 0.3) is 0 Å². The molecule has 1 aromatic heterocycles. The molecule has 6 atom stereocenters. The molecule has 11 heteroatoms. The summed E-state index contributed by atoms with van der Waals surface area (Å²) in [5.41, 5.74) is 9.05. The fourth-order valence-corrected chi connectivity index (χ4v) is 7.49. The summed E-state index contributed by atoms with van der Waals surface area (Å²) in [7, 11) is -0.244. The van der Waals surface area contributed by atoms with E-state index in [1.165, 1.54) is 19.4 Å². The molecule has 198 valence electrons. The molecule has 1 saturated heterocycles. The summed E-state index contributed by atoms with van der Waals surface area (Å²) in [6.07, 6.45) is 5.39. The first-order valence-corrected chi connectivity index (χ1v) is 14.5. The van der Waals surface area contributed by atoms with E-state index in [2.05, 4.69) is 26.5 Å². The Morgan fingerprint density at radius 1 is 1.16 bits per heavy atom. The van der Waals surface area contributed by atoms with Crippen molar-refractivity contribution < 1.29 is 22.7 Å². The predicted molar refractivity (Wildman–Crippen MR) is 138 cm³/mol. The summed E-state index contributed by atoms with van der Waals surface area (Å²) < 4.78 is 35.4. The van der Waals surface area contributed by atoms with Crippen molar-refractivity contribution in [2.45, 2.75) is 55.3 Å². The lowest BCUT2D eigenvalue weighted by molar-refractivity contribution is -0.118. The summed E-state index contributed by atoms with van der Waals surface area (Å²) in [6, 6.07) is 7.60. The number of nitrogens with zero attached hydrogens (tertiary/aromatic N) is 1. The van der Waals surface area contributed by atoms with Crippen LogP contribution in [0.4, 0.5) is 11.4 Å². The van der Waals surface area contributed by atoms with Crippen LogP contribution < -0.4 is 31.0 Å². The first kappa shape index (κ1) is 24.4. The molecular formula is C26H33N5O5S. The van der Waals surface area contributed by atoms with Gasteiger partial charge in [-0.15, -0.1) is 0 Å². The van der Waals surface area contributed by atoms with E-state index < -0.39 is 15.3 Å². The van der Waals surface area contributed by atoms with Gasteiger partial charge in [0.2, 0.25) is 5.91 Å². The number of carbonyl (C=O) groups is 1. The molecule has 3 heterocycles. The summed E-state index contributed by atoms with van der Waals surface area (Å²) in [6.45, 7) is 1.60. The maximum absolute atomic E-state index is 13.1. The third-order valence-electron chi connectivity index (χ3n) is 8.81. The molecule has 2 aliphatic heterocycles. The number of aromatic nitrogens is 1. The molecule has 3 fully saturated rings. The number of amides is 1. The first-order chi connectivity index (χ1) is 17.8. The van der Waals surface area contributed by atoms with Crippen molar-refractivity contribution in [3.05, 3.63) is 36.0 Å². The van der Waals surface area contributed by atoms with Crippen molar-refractivity contribution in [1.82, 2.24) is 15.8 Å². The molecule has 2 aliphatic carbocycles. The second-order valence-electron chi connectivity index (χ2n) is 10.5. The Bertz CT molecular complexity index is 1350. The highest BCUT2D eigenvalue weighted by Crippen LogP contribution is 2.65. The van der Waals surface area contributed by atoms with Gasteiger partial charge in [0.25, 0.3) is 0 Å². The number of benzene rings is 1. The van der Waals surface area contributed by atoms with Crippen LogP contribution in [0.1, 0.15) is 38.2 Å². The second kappa shape index (κ2) is 8.85. The van der Waals surface area contributed by atoms with E-state index in [1.807, 2.05) is 18.2 Å². The molecule has 1 amide bonds. The van der Waals surface area contributed by atoms with Crippen LogP contribution >= 0.6 is 0 Å². The Hall–Kier alpha value is -2.89. The number of hydrazine groups is 1. The van der Waals surface area contributed by atoms with Crippen LogP contribution in [0.5, 0.6) is 11.5 Å². The van der Waals surface area contributed by atoms with Crippen LogP contribution in [0, 0.1) is 17.8 Å². The second-order valence-corrected chi connectivity index (χ2v) is 12.8. The molecular weight excluding hydrogens is 494 g/mol. The lowest BCUT2D eigenvalue weighted by Crippen LogP contribution is -2.39. The summed E-state index contributed by atoms with van der Waals surface area (Å²) in [4.78, 5) is 17.2.